The molecule has 0 saturated carbocycles. The van der Waals surface area contributed by atoms with Crippen molar-refractivity contribution >= 4 is 37.6 Å². The Kier molecular flexibility index (Phi) is 1.79. The van der Waals surface area contributed by atoms with Crippen molar-refractivity contribution < 1.29 is 14.3 Å². The lowest BCUT2D eigenvalue weighted by atomic mass is 10.2. The first-order chi connectivity index (χ1) is 7.66. The summed E-state index contributed by atoms with van der Waals surface area (Å²) in [6, 6.07) is 6.32. The van der Waals surface area contributed by atoms with Gasteiger partial charge < -0.3 is 10.1 Å². The third-order valence-electron chi connectivity index (χ3n) is 2.46. The molecule has 0 aliphatic carbocycles. The van der Waals surface area contributed by atoms with E-state index >= 15 is 0 Å². The normalized spacial score (nSPS) is 11.3. The number of carboxylic acids is 1. The van der Waals surface area contributed by atoms with Crippen molar-refractivity contribution in [3.8, 4) is 0 Å². The second-order valence-electron chi connectivity index (χ2n) is 3.45. The molecular weight excluding hydrogens is 229 g/mol. The van der Waals surface area contributed by atoms with Crippen LogP contribution < -0.4 is 0 Å². The number of fused-ring (bicyclic) bond motifs is 3. The van der Waals surface area contributed by atoms with Gasteiger partial charge in [-0.15, -0.1) is 11.3 Å². The van der Waals surface area contributed by atoms with E-state index < -0.39 is 5.97 Å². The average molecular weight is 235 g/mol. The number of aromatic carboxylic acids is 1. The molecule has 0 spiro atoms. The fourth-order valence-corrected chi connectivity index (χ4v) is 2.86. The van der Waals surface area contributed by atoms with Gasteiger partial charge in [-0.2, -0.15) is 0 Å². The molecule has 16 heavy (non-hydrogen) atoms. The number of aromatic nitrogens is 1. The number of aromatic amines is 1. The molecule has 2 heterocycles. The largest absolute Gasteiger partial charge is 0.477 e. The zero-order valence-electron chi connectivity index (χ0n) is 7.95. The van der Waals surface area contributed by atoms with E-state index in [0.29, 0.717) is 10.2 Å². The quantitative estimate of drug-likeness (QED) is 0.680. The predicted molar refractivity (Wildman–Crippen MR) is 60.6 cm³/mol. The molecule has 1 aromatic carbocycles. The Labute approximate surface area is 93.1 Å². The molecule has 80 valence electrons. The molecule has 5 heteroatoms. The molecule has 0 atom stereocenters. The summed E-state index contributed by atoms with van der Waals surface area (Å²) in [5.74, 6) is -1.28. The van der Waals surface area contributed by atoms with Gasteiger partial charge in [0.1, 0.15) is 11.5 Å². The van der Waals surface area contributed by atoms with Crippen molar-refractivity contribution in [3.63, 3.8) is 0 Å². The molecule has 0 radical (unpaired) electrons. The highest BCUT2D eigenvalue weighted by Crippen LogP contribution is 2.35. The number of carboxylic acid groups (broad SMARTS) is 1. The molecule has 3 nitrogen and oxygen atoms in total. The first-order valence-corrected chi connectivity index (χ1v) is 5.41. The summed E-state index contributed by atoms with van der Waals surface area (Å²) in [5, 5.41) is 9.56. The highest BCUT2D eigenvalue weighted by molar-refractivity contribution is 7.25. The number of nitrogens with one attached hydrogen (secondary N) is 1. The monoisotopic (exact) mass is 235 g/mol. The number of benzene rings is 1. The van der Waals surface area contributed by atoms with E-state index in [9.17, 15) is 9.18 Å². The van der Waals surface area contributed by atoms with Gasteiger partial charge in [0.15, 0.2) is 0 Å². The van der Waals surface area contributed by atoms with Crippen LogP contribution in [0, 0.1) is 5.82 Å². The minimum absolute atomic E-state index is 0.132. The molecule has 2 N–H and O–H groups in total. The predicted octanol–water partition coefficient (Wildman–Crippen LogP) is 3.22. The minimum Gasteiger partial charge on any atom is -0.477 e. The van der Waals surface area contributed by atoms with E-state index in [4.69, 9.17) is 5.11 Å². The van der Waals surface area contributed by atoms with Gasteiger partial charge in [-0.1, -0.05) is 12.1 Å². The molecule has 2 aromatic heterocycles. The van der Waals surface area contributed by atoms with Gasteiger partial charge in [-0.25, -0.2) is 9.18 Å². The number of H-pyrrole nitrogens is 1. The van der Waals surface area contributed by atoms with E-state index in [1.807, 2.05) is 0 Å². The molecule has 0 aliphatic heterocycles. The smallest absolute Gasteiger partial charge is 0.352 e. The van der Waals surface area contributed by atoms with Crippen LogP contribution in [0.25, 0.3) is 20.3 Å². The molecule has 0 unspecified atom stereocenters. The van der Waals surface area contributed by atoms with Crippen LogP contribution in [0.1, 0.15) is 10.5 Å². The molecule has 0 aliphatic rings. The molecule has 0 bridgehead atoms. The molecule has 0 fully saturated rings. The van der Waals surface area contributed by atoms with Crippen LogP contribution in [-0.2, 0) is 0 Å². The van der Waals surface area contributed by atoms with Crippen LogP contribution >= 0.6 is 11.3 Å². The Morgan fingerprint density at radius 3 is 3.00 bits per heavy atom. The first kappa shape index (κ1) is 9.35. The SMILES string of the molecule is O=C(O)c1cc2sc3c(F)cccc3c2[nH]1. The van der Waals surface area contributed by atoms with Crippen LogP contribution in [-0.4, -0.2) is 16.1 Å². The summed E-state index contributed by atoms with van der Waals surface area (Å²) in [6.45, 7) is 0. The summed E-state index contributed by atoms with van der Waals surface area (Å²) >= 11 is 1.26. The Morgan fingerprint density at radius 2 is 2.25 bits per heavy atom. The molecular formula is C11H6FNO2S. The lowest BCUT2D eigenvalue weighted by molar-refractivity contribution is 0.0691. The zero-order chi connectivity index (χ0) is 11.3. The van der Waals surface area contributed by atoms with Crippen molar-refractivity contribution in [2.45, 2.75) is 0 Å². The highest BCUT2D eigenvalue weighted by Gasteiger charge is 2.13. The summed E-state index contributed by atoms with van der Waals surface area (Å²) in [4.78, 5) is 13.6. The van der Waals surface area contributed by atoms with Crippen molar-refractivity contribution in [2.75, 3.05) is 0 Å². The first-order valence-electron chi connectivity index (χ1n) is 4.60. The zero-order valence-corrected chi connectivity index (χ0v) is 8.77. The maximum absolute atomic E-state index is 13.4. The van der Waals surface area contributed by atoms with Crippen LogP contribution in [0.4, 0.5) is 4.39 Å². The van der Waals surface area contributed by atoms with Crippen LogP contribution in [0.3, 0.4) is 0 Å². The molecule has 0 saturated heterocycles. The number of hydrogen-bond acceptors (Lipinski definition) is 2. The second kappa shape index (κ2) is 3.05. The van der Waals surface area contributed by atoms with Crippen LogP contribution in [0.5, 0.6) is 0 Å². The lowest BCUT2D eigenvalue weighted by Crippen LogP contribution is -1.94. The Morgan fingerprint density at radius 1 is 1.44 bits per heavy atom. The molecule has 3 rings (SSSR count). The third-order valence-corrected chi connectivity index (χ3v) is 3.62. The van der Waals surface area contributed by atoms with Crippen LogP contribution in [0.15, 0.2) is 24.3 Å². The van der Waals surface area contributed by atoms with E-state index in [-0.39, 0.29) is 11.5 Å². The van der Waals surface area contributed by atoms with E-state index in [1.165, 1.54) is 23.5 Å². The maximum Gasteiger partial charge on any atom is 0.352 e. The van der Waals surface area contributed by atoms with E-state index in [1.54, 1.807) is 12.1 Å². The number of halogens is 1. The van der Waals surface area contributed by atoms with Gasteiger partial charge in [-0.3, -0.25) is 0 Å². The topological polar surface area (TPSA) is 53.1 Å². The third kappa shape index (κ3) is 1.15. The van der Waals surface area contributed by atoms with Gasteiger partial charge in [0.2, 0.25) is 0 Å². The molecule has 0 amide bonds. The van der Waals surface area contributed by atoms with Gasteiger partial charge in [0.05, 0.1) is 14.9 Å². The fourth-order valence-electron chi connectivity index (χ4n) is 1.75. The summed E-state index contributed by atoms with van der Waals surface area (Å²) in [6.07, 6.45) is 0. The van der Waals surface area contributed by atoms with E-state index in [2.05, 4.69) is 4.98 Å². The Balaban J connectivity index is 2.43. The number of thiophene rings is 1. The van der Waals surface area contributed by atoms with Crippen molar-refractivity contribution in [2.24, 2.45) is 0 Å². The second-order valence-corrected chi connectivity index (χ2v) is 4.50. The van der Waals surface area contributed by atoms with Crippen molar-refractivity contribution in [1.82, 2.24) is 4.98 Å². The van der Waals surface area contributed by atoms with Crippen molar-refractivity contribution in [3.05, 3.63) is 35.8 Å². The molecule has 3 aromatic rings. The summed E-state index contributed by atoms with van der Waals surface area (Å²) in [5.41, 5.74) is 0.823. The maximum atomic E-state index is 13.4. The fraction of sp³-hybridized carbons (Fsp3) is 0. The van der Waals surface area contributed by atoms with Gasteiger partial charge in [-0.05, 0) is 12.1 Å². The number of hydrogen-bond donors (Lipinski definition) is 2. The summed E-state index contributed by atoms with van der Waals surface area (Å²) in [7, 11) is 0. The Bertz CT molecular complexity index is 713. The number of rotatable bonds is 1. The van der Waals surface area contributed by atoms with Gasteiger partial charge in [0, 0.05) is 5.39 Å². The summed E-state index contributed by atoms with van der Waals surface area (Å²) < 4.78 is 14.8. The standard InChI is InChI=1S/C11H6FNO2S/c12-6-3-1-2-5-9-8(16-10(5)6)4-7(13-9)11(14)15/h1-4,13H,(H,14,15). The highest BCUT2D eigenvalue weighted by atomic mass is 32.1. The minimum atomic E-state index is -1.01. The van der Waals surface area contributed by atoms with E-state index in [0.717, 1.165) is 10.1 Å². The number of carbonyl (C=O) groups is 1. The Hall–Kier alpha value is -1.88. The van der Waals surface area contributed by atoms with Gasteiger partial charge >= 0.3 is 5.97 Å². The van der Waals surface area contributed by atoms with Gasteiger partial charge in [0.25, 0.3) is 0 Å². The lowest BCUT2D eigenvalue weighted by Gasteiger charge is -1.91. The van der Waals surface area contributed by atoms with Crippen LogP contribution in [0.2, 0.25) is 0 Å². The van der Waals surface area contributed by atoms with Crippen molar-refractivity contribution in [1.29, 1.82) is 0 Å². The average Bonchev–Trinajstić information content (AvgIpc) is 2.76.